The summed E-state index contributed by atoms with van der Waals surface area (Å²) >= 11 is 11.7. The molecule has 1 heterocycles. The highest BCUT2D eigenvalue weighted by atomic mass is 35.5. The molecule has 20 heavy (non-hydrogen) atoms. The summed E-state index contributed by atoms with van der Waals surface area (Å²) in [7, 11) is 0. The average molecular weight is 307 g/mol. The van der Waals surface area contributed by atoms with Gasteiger partial charge in [-0.25, -0.2) is 4.98 Å². The van der Waals surface area contributed by atoms with E-state index in [4.69, 9.17) is 23.2 Å². The first kappa shape index (κ1) is 14.6. The van der Waals surface area contributed by atoms with E-state index in [1.807, 2.05) is 19.1 Å². The van der Waals surface area contributed by atoms with Crippen LogP contribution >= 0.6 is 23.2 Å². The zero-order chi connectivity index (χ0) is 14.5. The molecule has 0 bridgehead atoms. The lowest BCUT2D eigenvalue weighted by molar-refractivity contribution is -0.111. The molecule has 2 rings (SSSR count). The second-order valence-electron chi connectivity index (χ2n) is 4.23. The molecule has 2 aromatic rings. The molecule has 0 spiro atoms. The molecule has 102 valence electrons. The SMILES string of the molecule is Cc1cnc(Cl)c(NC(=O)/C=C/c2ccc(Cl)cc2)c1. The van der Waals surface area contributed by atoms with Gasteiger partial charge in [-0.3, -0.25) is 4.79 Å². The summed E-state index contributed by atoms with van der Waals surface area (Å²) in [6, 6.07) is 8.95. The van der Waals surface area contributed by atoms with E-state index in [0.717, 1.165) is 11.1 Å². The molecule has 0 saturated heterocycles. The molecule has 3 nitrogen and oxygen atoms in total. The van der Waals surface area contributed by atoms with Crippen molar-refractivity contribution in [1.29, 1.82) is 0 Å². The Morgan fingerprint density at radius 2 is 1.95 bits per heavy atom. The summed E-state index contributed by atoms with van der Waals surface area (Å²) in [6.45, 7) is 1.88. The fraction of sp³-hybridized carbons (Fsp3) is 0.0667. The van der Waals surface area contributed by atoms with E-state index in [-0.39, 0.29) is 11.1 Å². The molecule has 0 aliphatic heterocycles. The van der Waals surface area contributed by atoms with E-state index < -0.39 is 0 Å². The van der Waals surface area contributed by atoms with E-state index in [0.29, 0.717) is 10.7 Å². The van der Waals surface area contributed by atoms with Crippen LogP contribution in [0.25, 0.3) is 6.08 Å². The Morgan fingerprint density at radius 3 is 2.65 bits per heavy atom. The number of halogens is 2. The van der Waals surface area contributed by atoms with Crippen LogP contribution in [0.4, 0.5) is 5.69 Å². The van der Waals surface area contributed by atoms with Gasteiger partial charge >= 0.3 is 0 Å². The van der Waals surface area contributed by atoms with Crippen molar-refractivity contribution in [3.63, 3.8) is 0 Å². The molecule has 5 heteroatoms. The van der Waals surface area contributed by atoms with Gasteiger partial charge in [0.25, 0.3) is 0 Å². The standard InChI is InChI=1S/C15H12Cl2N2O/c1-10-8-13(15(17)18-9-10)19-14(20)7-4-11-2-5-12(16)6-3-11/h2-9H,1H3,(H,19,20)/b7-4+. The molecular weight excluding hydrogens is 295 g/mol. The Labute approximate surface area is 127 Å². The number of benzene rings is 1. The number of carbonyl (C=O) groups excluding carboxylic acids is 1. The smallest absolute Gasteiger partial charge is 0.248 e. The number of anilines is 1. The van der Waals surface area contributed by atoms with E-state index >= 15 is 0 Å². The van der Waals surface area contributed by atoms with Gasteiger partial charge in [0.15, 0.2) is 5.15 Å². The number of nitrogens with one attached hydrogen (secondary N) is 1. The van der Waals surface area contributed by atoms with Crippen molar-refractivity contribution in [2.45, 2.75) is 6.92 Å². The number of aromatic nitrogens is 1. The first-order valence-electron chi connectivity index (χ1n) is 5.91. The average Bonchev–Trinajstić information content (AvgIpc) is 2.42. The molecule has 1 aromatic heterocycles. The second-order valence-corrected chi connectivity index (χ2v) is 5.02. The number of aryl methyl sites for hydroxylation is 1. The van der Waals surface area contributed by atoms with Crippen molar-refractivity contribution >= 4 is 40.9 Å². The maximum absolute atomic E-state index is 11.8. The molecule has 1 amide bonds. The number of hydrogen-bond donors (Lipinski definition) is 1. The lowest BCUT2D eigenvalue weighted by atomic mass is 10.2. The van der Waals surface area contributed by atoms with Crippen molar-refractivity contribution in [3.8, 4) is 0 Å². The van der Waals surface area contributed by atoms with Crippen LogP contribution in [0.1, 0.15) is 11.1 Å². The van der Waals surface area contributed by atoms with Crippen LogP contribution in [0.15, 0.2) is 42.6 Å². The van der Waals surface area contributed by atoms with Crippen LogP contribution in [-0.2, 0) is 4.79 Å². The Hall–Kier alpha value is -1.84. The van der Waals surface area contributed by atoms with Gasteiger partial charge in [0.05, 0.1) is 5.69 Å². The van der Waals surface area contributed by atoms with Crippen molar-refractivity contribution in [1.82, 2.24) is 4.98 Å². The lowest BCUT2D eigenvalue weighted by Gasteiger charge is -2.04. The molecule has 1 N–H and O–H groups in total. The van der Waals surface area contributed by atoms with Crippen LogP contribution in [0.2, 0.25) is 10.2 Å². The highest BCUT2D eigenvalue weighted by Gasteiger charge is 2.04. The summed E-state index contributed by atoms with van der Waals surface area (Å²) in [5, 5.41) is 3.61. The normalized spacial score (nSPS) is 10.8. The molecule has 0 saturated carbocycles. The predicted octanol–water partition coefficient (Wildman–Crippen LogP) is 4.35. The monoisotopic (exact) mass is 306 g/mol. The quantitative estimate of drug-likeness (QED) is 0.676. The van der Waals surface area contributed by atoms with Crippen molar-refractivity contribution in [3.05, 3.63) is 63.9 Å². The summed E-state index contributed by atoms with van der Waals surface area (Å²) in [6.07, 6.45) is 4.77. The Balaban J connectivity index is 2.05. The van der Waals surface area contributed by atoms with Gasteiger partial charge in [-0.15, -0.1) is 0 Å². The molecule has 0 aliphatic carbocycles. The van der Waals surface area contributed by atoms with Gasteiger partial charge in [-0.05, 0) is 42.3 Å². The predicted molar refractivity (Wildman–Crippen MR) is 83.1 cm³/mol. The van der Waals surface area contributed by atoms with E-state index in [1.54, 1.807) is 30.5 Å². The minimum atomic E-state index is -0.269. The number of hydrogen-bond acceptors (Lipinski definition) is 2. The molecular formula is C15H12Cl2N2O. The number of rotatable bonds is 3. The fourth-order valence-corrected chi connectivity index (χ4v) is 1.84. The molecule has 0 atom stereocenters. The van der Waals surface area contributed by atoms with Gasteiger partial charge in [0.1, 0.15) is 0 Å². The summed E-state index contributed by atoms with van der Waals surface area (Å²) < 4.78 is 0. The zero-order valence-corrected chi connectivity index (χ0v) is 12.2. The van der Waals surface area contributed by atoms with Crippen LogP contribution in [0, 0.1) is 6.92 Å². The molecule has 0 aliphatic rings. The van der Waals surface area contributed by atoms with Crippen LogP contribution in [-0.4, -0.2) is 10.9 Å². The number of nitrogens with zero attached hydrogens (tertiary/aromatic N) is 1. The highest BCUT2D eigenvalue weighted by molar-refractivity contribution is 6.32. The molecule has 0 unspecified atom stereocenters. The third-order valence-electron chi connectivity index (χ3n) is 2.53. The Morgan fingerprint density at radius 1 is 1.25 bits per heavy atom. The Bertz CT molecular complexity index is 651. The number of amides is 1. The largest absolute Gasteiger partial charge is 0.320 e. The first-order valence-corrected chi connectivity index (χ1v) is 6.67. The third kappa shape index (κ3) is 4.08. The van der Waals surface area contributed by atoms with E-state index in [2.05, 4.69) is 10.3 Å². The summed E-state index contributed by atoms with van der Waals surface area (Å²) in [4.78, 5) is 15.8. The van der Waals surface area contributed by atoms with Gasteiger partial charge in [0.2, 0.25) is 5.91 Å². The van der Waals surface area contributed by atoms with Gasteiger partial charge in [0, 0.05) is 17.3 Å². The van der Waals surface area contributed by atoms with Gasteiger partial charge in [-0.2, -0.15) is 0 Å². The summed E-state index contributed by atoms with van der Waals surface area (Å²) in [5.41, 5.74) is 2.31. The van der Waals surface area contributed by atoms with Crippen molar-refractivity contribution in [2.24, 2.45) is 0 Å². The van der Waals surface area contributed by atoms with Crippen LogP contribution in [0.3, 0.4) is 0 Å². The Kier molecular flexibility index (Phi) is 4.77. The molecule has 0 fully saturated rings. The van der Waals surface area contributed by atoms with E-state index in [9.17, 15) is 4.79 Å². The third-order valence-corrected chi connectivity index (χ3v) is 3.08. The number of pyridine rings is 1. The van der Waals surface area contributed by atoms with Crippen LogP contribution in [0.5, 0.6) is 0 Å². The zero-order valence-electron chi connectivity index (χ0n) is 10.7. The van der Waals surface area contributed by atoms with Crippen LogP contribution < -0.4 is 5.32 Å². The molecule has 0 radical (unpaired) electrons. The van der Waals surface area contributed by atoms with Gasteiger partial charge < -0.3 is 5.32 Å². The first-order chi connectivity index (χ1) is 9.54. The fourth-order valence-electron chi connectivity index (χ4n) is 1.56. The summed E-state index contributed by atoms with van der Waals surface area (Å²) in [5.74, 6) is -0.269. The topological polar surface area (TPSA) is 42.0 Å². The van der Waals surface area contributed by atoms with E-state index in [1.165, 1.54) is 6.08 Å². The highest BCUT2D eigenvalue weighted by Crippen LogP contribution is 2.19. The van der Waals surface area contributed by atoms with Crippen molar-refractivity contribution in [2.75, 3.05) is 5.32 Å². The maximum Gasteiger partial charge on any atom is 0.248 e. The van der Waals surface area contributed by atoms with Gasteiger partial charge in [-0.1, -0.05) is 35.3 Å². The van der Waals surface area contributed by atoms with Crippen molar-refractivity contribution < 1.29 is 4.79 Å². The minimum Gasteiger partial charge on any atom is -0.320 e. The maximum atomic E-state index is 11.8. The second kappa shape index (κ2) is 6.55. The minimum absolute atomic E-state index is 0.267. The lowest BCUT2D eigenvalue weighted by Crippen LogP contribution is -2.08. The molecule has 1 aromatic carbocycles. The number of carbonyl (C=O) groups is 1.